The van der Waals surface area contributed by atoms with Crippen LogP contribution in [0.3, 0.4) is 0 Å². The lowest BCUT2D eigenvalue weighted by molar-refractivity contribution is 0.0706. The summed E-state index contributed by atoms with van der Waals surface area (Å²) in [5.74, 6) is -0.424. The molecule has 204 valence electrons. The van der Waals surface area contributed by atoms with Gasteiger partial charge in [0.25, 0.3) is 5.91 Å². The molecule has 1 aliphatic rings. The number of aryl methyl sites for hydroxylation is 1. The zero-order chi connectivity index (χ0) is 28.4. The second-order valence-corrected chi connectivity index (χ2v) is 10.9. The predicted octanol–water partition coefficient (Wildman–Crippen LogP) is 6.12. The molecule has 0 saturated carbocycles. The van der Waals surface area contributed by atoms with Crippen LogP contribution in [0.1, 0.15) is 62.2 Å². The summed E-state index contributed by atoms with van der Waals surface area (Å²) in [5.41, 5.74) is 2.92. The van der Waals surface area contributed by atoms with Gasteiger partial charge in [-0.1, -0.05) is 48.9 Å². The first-order valence-corrected chi connectivity index (χ1v) is 14.2. The number of carbonyl (C=O) groups is 3. The number of fused-ring (bicyclic) bond motifs is 1. The third-order valence-electron chi connectivity index (χ3n) is 7.15. The summed E-state index contributed by atoms with van der Waals surface area (Å²) in [6, 6.07) is 21.4. The summed E-state index contributed by atoms with van der Waals surface area (Å²) in [4.78, 5) is 54.7. The van der Waals surface area contributed by atoms with E-state index in [-0.39, 0.29) is 48.4 Å². The maximum atomic E-state index is 13.8. The number of hydrogen-bond acceptors (Lipinski definition) is 4. The van der Waals surface area contributed by atoms with Crippen molar-refractivity contribution in [2.75, 3.05) is 6.54 Å². The van der Waals surface area contributed by atoms with Gasteiger partial charge in [-0.25, -0.2) is 4.79 Å². The Hall–Kier alpha value is -3.75. The van der Waals surface area contributed by atoms with E-state index >= 15 is 0 Å². The third kappa shape index (κ3) is 5.46. The minimum Gasteiger partial charge on any atom is -0.331 e. The van der Waals surface area contributed by atoms with E-state index in [1.807, 2.05) is 30.3 Å². The van der Waals surface area contributed by atoms with Gasteiger partial charge in [-0.15, -0.1) is 0 Å². The van der Waals surface area contributed by atoms with Crippen LogP contribution in [0.25, 0.3) is 5.69 Å². The molecule has 0 aliphatic carbocycles. The molecular formula is C31H27BrClN3O4. The normalized spacial score (nSPS) is 12.7. The van der Waals surface area contributed by atoms with Gasteiger partial charge >= 0.3 is 5.69 Å². The van der Waals surface area contributed by atoms with Crippen molar-refractivity contribution in [1.29, 1.82) is 0 Å². The van der Waals surface area contributed by atoms with E-state index < -0.39 is 0 Å². The Morgan fingerprint density at radius 3 is 2.27 bits per heavy atom. The van der Waals surface area contributed by atoms with Gasteiger partial charge in [0.1, 0.15) is 5.69 Å². The van der Waals surface area contributed by atoms with Crippen molar-refractivity contribution in [2.24, 2.45) is 0 Å². The van der Waals surface area contributed by atoms with Crippen LogP contribution in [0, 0.1) is 0 Å². The number of amides is 1. The first-order valence-electron chi connectivity index (χ1n) is 13.1. The lowest BCUT2D eigenvalue weighted by Crippen LogP contribution is -2.41. The molecule has 7 nitrogen and oxygen atoms in total. The van der Waals surface area contributed by atoms with Crippen LogP contribution in [-0.4, -0.2) is 38.1 Å². The highest BCUT2D eigenvalue weighted by molar-refractivity contribution is 9.10. The molecule has 0 fully saturated rings. The Balaban J connectivity index is 1.54. The number of hydrogen-bond donors (Lipinski definition) is 0. The molecule has 40 heavy (non-hydrogen) atoms. The van der Waals surface area contributed by atoms with Crippen molar-refractivity contribution < 1.29 is 14.4 Å². The van der Waals surface area contributed by atoms with Crippen LogP contribution in [0.5, 0.6) is 0 Å². The minimum atomic E-state index is -0.341. The fourth-order valence-corrected chi connectivity index (χ4v) is 5.42. The van der Waals surface area contributed by atoms with Crippen molar-refractivity contribution in [3.63, 3.8) is 0 Å². The number of ketones is 2. The van der Waals surface area contributed by atoms with Crippen molar-refractivity contribution in [2.45, 2.75) is 39.3 Å². The second-order valence-electron chi connectivity index (χ2n) is 9.65. The Kier molecular flexibility index (Phi) is 8.19. The highest BCUT2D eigenvalue weighted by Gasteiger charge is 2.32. The number of carbonyl (C=O) groups excluding carboxylic acids is 3. The molecule has 0 atom stereocenters. The van der Waals surface area contributed by atoms with Crippen LogP contribution in [0.4, 0.5) is 0 Å². The summed E-state index contributed by atoms with van der Waals surface area (Å²) in [5, 5.41) is 0.424. The quantitative estimate of drug-likeness (QED) is 0.222. The zero-order valence-electron chi connectivity index (χ0n) is 21.9. The zero-order valence-corrected chi connectivity index (χ0v) is 24.2. The molecule has 1 aromatic heterocycles. The van der Waals surface area contributed by atoms with Crippen LogP contribution in [0.15, 0.2) is 82.1 Å². The molecule has 1 amide bonds. The molecule has 0 unspecified atom stereocenters. The van der Waals surface area contributed by atoms with Crippen molar-refractivity contribution in [3.05, 3.63) is 121 Å². The Bertz CT molecular complexity index is 1660. The summed E-state index contributed by atoms with van der Waals surface area (Å²) >= 11 is 9.58. The van der Waals surface area contributed by atoms with E-state index in [1.54, 1.807) is 58.9 Å². The van der Waals surface area contributed by atoms with E-state index in [4.69, 9.17) is 11.6 Å². The van der Waals surface area contributed by atoms with Crippen LogP contribution in [0.2, 0.25) is 5.02 Å². The SMILES string of the molecule is CCC(=O)c1ccc(-n2c(C(=O)CCc3ccccc3)c3n(c2=O)CCN(C(=O)c2ccc(Br)c(Cl)c2)C3)cc1. The standard InChI is InChI=1S/C31H27BrClN3O4/c1-2-27(37)21-9-12-23(13-10-21)36-29(28(38)15-8-20-6-4-3-5-7-20)26-19-34(16-17-35(26)31(36)40)30(39)22-11-14-24(32)25(33)18-22/h3-7,9-14,18H,2,8,15-17,19H2,1H3. The minimum absolute atomic E-state index is 0.00330. The summed E-state index contributed by atoms with van der Waals surface area (Å²) < 4.78 is 3.69. The van der Waals surface area contributed by atoms with Gasteiger partial charge in [-0.05, 0) is 70.4 Å². The highest BCUT2D eigenvalue weighted by atomic mass is 79.9. The lowest BCUT2D eigenvalue weighted by atomic mass is 10.0. The van der Waals surface area contributed by atoms with E-state index in [2.05, 4.69) is 15.9 Å². The molecule has 3 aromatic carbocycles. The van der Waals surface area contributed by atoms with Gasteiger partial charge in [0, 0.05) is 41.5 Å². The van der Waals surface area contributed by atoms with E-state index in [1.165, 1.54) is 4.57 Å². The smallest absolute Gasteiger partial charge is 0.331 e. The molecule has 1 aliphatic heterocycles. The first-order chi connectivity index (χ1) is 19.3. The average molecular weight is 621 g/mol. The third-order valence-corrected chi connectivity index (χ3v) is 8.38. The molecule has 0 bridgehead atoms. The monoisotopic (exact) mass is 619 g/mol. The summed E-state index contributed by atoms with van der Waals surface area (Å²) in [6.07, 6.45) is 1.09. The molecule has 5 rings (SSSR count). The molecule has 0 N–H and O–H groups in total. The van der Waals surface area contributed by atoms with Crippen molar-refractivity contribution in [1.82, 2.24) is 14.0 Å². The van der Waals surface area contributed by atoms with Gasteiger partial charge in [0.2, 0.25) is 0 Å². The number of Topliss-reactive ketones (excluding diaryl/α,β-unsaturated/α-hetero) is 2. The van der Waals surface area contributed by atoms with E-state index in [9.17, 15) is 19.2 Å². The van der Waals surface area contributed by atoms with E-state index in [0.717, 1.165) is 5.56 Å². The first kappa shape index (κ1) is 27.8. The average Bonchev–Trinajstić information content (AvgIpc) is 3.28. The number of aromatic nitrogens is 2. The number of halogens is 2. The van der Waals surface area contributed by atoms with Crippen molar-refractivity contribution in [3.8, 4) is 5.69 Å². The fraction of sp³-hybridized carbons (Fsp3) is 0.226. The van der Waals surface area contributed by atoms with Gasteiger partial charge in [0.05, 0.1) is 22.9 Å². The number of rotatable bonds is 8. The molecule has 4 aromatic rings. The van der Waals surface area contributed by atoms with Crippen LogP contribution in [-0.2, 0) is 19.5 Å². The second kappa shape index (κ2) is 11.8. The summed E-state index contributed by atoms with van der Waals surface area (Å²) in [6.45, 7) is 2.46. The Labute approximate surface area is 245 Å². The number of nitrogens with zero attached hydrogens (tertiary/aromatic N) is 3. The fourth-order valence-electron chi connectivity index (χ4n) is 4.99. The Morgan fingerprint density at radius 1 is 0.900 bits per heavy atom. The maximum Gasteiger partial charge on any atom is 0.333 e. The van der Waals surface area contributed by atoms with Gasteiger partial charge < -0.3 is 4.90 Å². The molecular weight excluding hydrogens is 594 g/mol. The molecule has 0 radical (unpaired) electrons. The number of benzene rings is 3. The largest absolute Gasteiger partial charge is 0.333 e. The Morgan fingerprint density at radius 2 is 1.60 bits per heavy atom. The predicted molar refractivity (Wildman–Crippen MR) is 158 cm³/mol. The molecule has 0 saturated heterocycles. The van der Waals surface area contributed by atoms with Gasteiger partial charge in [-0.2, -0.15) is 0 Å². The van der Waals surface area contributed by atoms with Crippen molar-refractivity contribution >= 4 is 45.0 Å². The molecule has 0 spiro atoms. The molecule has 2 heterocycles. The number of imidazole rings is 1. The lowest BCUT2D eigenvalue weighted by Gasteiger charge is -2.28. The van der Waals surface area contributed by atoms with E-state index in [0.29, 0.717) is 51.4 Å². The summed E-state index contributed by atoms with van der Waals surface area (Å²) in [7, 11) is 0. The maximum absolute atomic E-state index is 13.8. The molecule has 9 heteroatoms. The highest BCUT2D eigenvalue weighted by Crippen LogP contribution is 2.26. The van der Waals surface area contributed by atoms with Crippen LogP contribution < -0.4 is 5.69 Å². The van der Waals surface area contributed by atoms with Crippen LogP contribution >= 0.6 is 27.5 Å². The topological polar surface area (TPSA) is 81.4 Å². The van der Waals surface area contributed by atoms with Gasteiger partial charge in [0.15, 0.2) is 11.6 Å². The van der Waals surface area contributed by atoms with Gasteiger partial charge in [-0.3, -0.25) is 23.5 Å².